The molecule has 0 aliphatic carbocycles. The van der Waals surface area contributed by atoms with E-state index in [1.54, 1.807) is 49.4 Å². The SMILES string of the molecule is COc1ccc(-c2oc3ccccc3c(=O)c2O[C@H](C)C(C)=O)cc1OC. The van der Waals surface area contributed by atoms with E-state index in [1.165, 1.54) is 21.1 Å². The van der Waals surface area contributed by atoms with Crippen LogP contribution in [0.15, 0.2) is 51.7 Å². The molecule has 0 fully saturated rings. The summed E-state index contributed by atoms with van der Waals surface area (Å²) in [4.78, 5) is 24.7. The van der Waals surface area contributed by atoms with Gasteiger partial charge in [-0.25, -0.2) is 0 Å². The van der Waals surface area contributed by atoms with E-state index in [1.807, 2.05) is 0 Å². The lowest BCUT2D eigenvalue weighted by Crippen LogP contribution is -2.24. The fourth-order valence-electron chi connectivity index (χ4n) is 2.66. The first-order valence-electron chi connectivity index (χ1n) is 8.41. The van der Waals surface area contributed by atoms with Crippen LogP contribution in [-0.4, -0.2) is 26.1 Å². The van der Waals surface area contributed by atoms with E-state index >= 15 is 0 Å². The number of ether oxygens (including phenoxy) is 3. The van der Waals surface area contributed by atoms with Gasteiger partial charge in [0.1, 0.15) is 5.58 Å². The molecule has 1 heterocycles. The minimum atomic E-state index is -0.784. The molecule has 0 unspecified atom stereocenters. The van der Waals surface area contributed by atoms with Crippen molar-refractivity contribution in [3.05, 3.63) is 52.7 Å². The van der Waals surface area contributed by atoms with Gasteiger partial charge in [-0.15, -0.1) is 0 Å². The van der Waals surface area contributed by atoms with Gasteiger partial charge in [0.2, 0.25) is 11.2 Å². The lowest BCUT2D eigenvalue weighted by Gasteiger charge is -2.16. The van der Waals surface area contributed by atoms with Crippen molar-refractivity contribution in [2.45, 2.75) is 20.0 Å². The van der Waals surface area contributed by atoms with Crippen molar-refractivity contribution >= 4 is 16.8 Å². The summed E-state index contributed by atoms with van der Waals surface area (Å²) in [5.41, 5.74) is 0.658. The number of carbonyl (C=O) groups is 1. The molecule has 1 aromatic heterocycles. The average Bonchev–Trinajstić information content (AvgIpc) is 2.69. The molecule has 27 heavy (non-hydrogen) atoms. The second-order valence-electron chi connectivity index (χ2n) is 6.03. The number of rotatable bonds is 6. The molecule has 0 amide bonds. The van der Waals surface area contributed by atoms with Crippen LogP contribution < -0.4 is 19.6 Å². The van der Waals surface area contributed by atoms with Gasteiger partial charge in [0.15, 0.2) is 29.1 Å². The number of ketones is 1. The molecule has 0 saturated carbocycles. The number of hydrogen-bond donors (Lipinski definition) is 0. The first-order valence-corrected chi connectivity index (χ1v) is 8.41. The Balaban J connectivity index is 2.27. The lowest BCUT2D eigenvalue weighted by molar-refractivity contribution is -0.122. The average molecular weight is 368 g/mol. The summed E-state index contributed by atoms with van der Waals surface area (Å²) in [7, 11) is 3.06. The lowest BCUT2D eigenvalue weighted by atomic mass is 10.1. The molecule has 0 aliphatic rings. The Morgan fingerprint density at radius 1 is 1.04 bits per heavy atom. The topological polar surface area (TPSA) is 75.0 Å². The Bertz CT molecular complexity index is 1050. The monoisotopic (exact) mass is 368 g/mol. The summed E-state index contributed by atoms with van der Waals surface area (Å²) >= 11 is 0. The maximum absolute atomic E-state index is 13.0. The molecule has 6 heteroatoms. The second kappa shape index (κ2) is 7.53. The van der Waals surface area contributed by atoms with Crippen LogP contribution in [0.2, 0.25) is 0 Å². The van der Waals surface area contributed by atoms with Crippen LogP contribution in [0.4, 0.5) is 0 Å². The molecular weight excluding hydrogens is 348 g/mol. The minimum Gasteiger partial charge on any atom is -0.493 e. The summed E-state index contributed by atoms with van der Waals surface area (Å²) in [6.07, 6.45) is -0.784. The third-order valence-electron chi connectivity index (χ3n) is 4.27. The Morgan fingerprint density at radius 2 is 1.74 bits per heavy atom. The highest BCUT2D eigenvalue weighted by atomic mass is 16.5. The van der Waals surface area contributed by atoms with E-state index in [4.69, 9.17) is 18.6 Å². The highest BCUT2D eigenvalue weighted by Crippen LogP contribution is 2.36. The fraction of sp³-hybridized carbons (Fsp3) is 0.238. The number of benzene rings is 2. The van der Waals surface area contributed by atoms with Gasteiger partial charge < -0.3 is 18.6 Å². The molecule has 0 spiro atoms. The summed E-state index contributed by atoms with van der Waals surface area (Å²) in [5.74, 6) is 1.05. The van der Waals surface area contributed by atoms with Crippen molar-refractivity contribution in [1.82, 2.24) is 0 Å². The Morgan fingerprint density at radius 3 is 2.41 bits per heavy atom. The highest BCUT2D eigenvalue weighted by Gasteiger charge is 2.22. The van der Waals surface area contributed by atoms with Gasteiger partial charge in [-0.2, -0.15) is 0 Å². The van der Waals surface area contributed by atoms with Gasteiger partial charge in [0.05, 0.1) is 19.6 Å². The molecule has 0 radical (unpaired) electrons. The Labute approximate surface area is 156 Å². The van der Waals surface area contributed by atoms with Gasteiger partial charge in [-0.1, -0.05) is 12.1 Å². The second-order valence-corrected chi connectivity index (χ2v) is 6.03. The molecule has 140 valence electrons. The van der Waals surface area contributed by atoms with E-state index in [0.29, 0.717) is 28.0 Å². The number of Topliss-reactive ketones (excluding diaryl/α,β-unsaturated/α-hetero) is 1. The van der Waals surface area contributed by atoms with Gasteiger partial charge in [0, 0.05) is 5.56 Å². The summed E-state index contributed by atoms with van der Waals surface area (Å²) in [6.45, 7) is 3.00. The predicted molar refractivity (Wildman–Crippen MR) is 102 cm³/mol. The summed E-state index contributed by atoms with van der Waals surface area (Å²) < 4.78 is 22.3. The standard InChI is InChI=1S/C21H20O6/c1-12(22)13(2)26-21-19(23)15-7-5-6-8-16(15)27-20(21)14-9-10-17(24-3)18(11-14)25-4/h5-11,13H,1-4H3/t13-/m1/s1. The maximum Gasteiger partial charge on any atom is 0.235 e. The van der Waals surface area contributed by atoms with Crippen molar-refractivity contribution in [1.29, 1.82) is 0 Å². The molecule has 0 bridgehead atoms. The van der Waals surface area contributed by atoms with Crippen LogP contribution in [0.25, 0.3) is 22.3 Å². The minimum absolute atomic E-state index is 0.0105. The fourth-order valence-corrected chi connectivity index (χ4v) is 2.66. The normalized spacial score (nSPS) is 11.9. The largest absolute Gasteiger partial charge is 0.493 e. The molecule has 2 aromatic carbocycles. The van der Waals surface area contributed by atoms with Gasteiger partial charge in [-0.05, 0) is 44.2 Å². The number of methoxy groups -OCH3 is 2. The van der Waals surface area contributed by atoms with Crippen LogP contribution in [-0.2, 0) is 4.79 Å². The van der Waals surface area contributed by atoms with Crippen LogP contribution in [0.5, 0.6) is 17.2 Å². The van der Waals surface area contributed by atoms with Gasteiger partial charge in [0.25, 0.3) is 0 Å². The molecule has 6 nitrogen and oxygen atoms in total. The van der Waals surface area contributed by atoms with Gasteiger partial charge in [-0.3, -0.25) is 9.59 Å². The van der Waals surface area contributed by atoms with Crippen molar-refractivity contribution in [3.8, 4) is 28.6 Å². The zero-order valence-electron chi connectivity index (χ0n) is 15.6. The van der Waals surface area contributed by atoms with E-state index < -0.39 is 6.10 Å². The zero-order valence-corrected chi connectivity index (χ0v) is 15.6. The van der Waals surface area contributed by atoms with E-state index in [-0.39, 0.29) is 22.7 Å². The van der Waals surface area contributed by atoms with E-state index in [9.17, 15) is 9.59 Å². The van der Waals surface area contributed by atoms with Crippen molar-refractivity contribution in [2.75, 3.05) is 14.2 Å². The molecular formula is C21H20O6. The van der Waals surface area contributed by atoms with E-state index in [2.05, 4.69) is 0 Å². The van der Waals surface area contributed by atoms with Crippen LogP contribution in [0, 0.1) is 0 Å². The Kier molecular flexibility index (Phi) is 5.16. The molecule has 0 N–H and O–H groups in total. The van der Waals surface area contributed by atoms with Crippen LogP contribution in [0.1, 0.15) is 13.8 Å². The number of fused-ring (bicyclic) bond motifs is 1. The third-order valence-corrected chi connectivity index (χ3v) is 4.27. The first kappa shape index (κ1) is 18.5. The molecule has 3 aromatic rings. The van der Waals surface area contributed by atoms with Crippen molar-refractivity contribution < 1.29 is 23.4 Å². The molecule has 0 saturated heterocycles. The quantitative estimate of drug-likeness (QED) is 0.658. The van der Waals surface area contributed by atoms with Gasteiger partial charge >= 0.3 is 0 Å². The number of para-hydroxylation sites is 1. The van der Waals surface area contributed by atoms with Crippen molar-refractivity contribution in [3.63, 3.8) is 0 Å². The molecule has 3 rings (SSSR count). The summed E-state index contributed by atoms with van der Waals surface area (Å²) in [5, 5.41) is 0.382. The number of hydrogen-bond acceptors (Lipinski definition) is 6. The van der Waals surface area contributed by atoms with Crippen LogP contribution in [0.3, 0.4) is 0 Å². The summed E-state index contributed by atoms with van der Waals surface area (Å²) in [6, 6.07) is 12.0. The smallest absolute Gasteiger partial charge is 0.235 e. The zero-order chi connectivity index (χ0) is 19.6. The maximum atomic E-state index is 13.0. The van der Waals surface area contributed by atoms with E-state index in [0.717, 1.165) is 0 Å². The third kappa shape index (κ3) is 3.51. The highest BCUT2D eigenvalue weighted by molar-refractivity contribution is 5.84. The number of carbonyl (C=O) groups excluding carboxylic acids is 1. The van der Waals surface area contributed by atoms with Crippen molar-refractivity contribution in [2.24, 2.45) is 0 Å². The Hall–Kier alpha value is -3.28. The molecule has 0 aliphatic heterocycles. The first-order chi connectivity index (χ1) is 13.0. The molecule has 1 atom stereocenters. The predicted octanol–water partition coefficient (Wildman–Crippen LogP) is 3.83. The van der Waals surface area contributed by atoms with Crippen LogP contribution >= 0.6 is 0 Å².